The van der Waals surface area contributed by atoms with Crippen molar-refractivity contribution in [2.75, 3.05) is 19.7 Å². The van der Waals surface area contributed by atoms with Gasteiger partial charge in [0, 0.05) is 23.5 Å². The van der Waals surface area contributed by atoms with Crippen molar-refractivity contribution in [2.45, 2.75) is 65.0 Å². The minimum atomic E-state index is -0.385. The quantitative estimate of drug-likeness (QED) is 0.862. The maximum atomic E-state index is 12.5. The average Bonchev–Trinajstić information content (AvgIpc) is 2.99. The lowest BCUT2D eigenvalue weighted by atomic mass is 9.75. The van der Waals surface area contributed by atoms with E-state index in [1.807, 2.05) is 6.92 Å². The summed E-state index contributed by atoms with van der Waals surface area (Å²) in [6, 6.07) is 0. The second-order valence-corrected chi connectivity index (χ2v) is 8.61. The molecule has 3 rings (SSSR count). The van der Waals surface area contributed by atoms with Crippen molar-refractivity contribution < 1.29 is 14.6 Å². The zero-order chi connectivity index (χ0) is 17.5. The van der Waals surface area contributed by atoms with Crippen LogP contribution < -0.4 is 0 Å². The number of fused-ring (bicyclic) bond motifs is 1. The molecule has 0 bridgehead atoms. The first-order valence-corrected chi connectivity index (χ1v) is 9.24. The van der Waals surface area contributed by atoms with Crippen LogP contribution in [0.5, 0.6) is 0 Å². The number of Topliss-reactive ketones (excluding diaryl/α,β-unsaturated/α-hetero) is 1. The molecule has 2 atom stereocenters. The number of piperidine rings is 1. The number of allylic oxidation sites excluding steroid dienone is 1. The molecule has 1 aliphatic carbocycles. The van der Waals surface area contributed by atoms with E-state index in [1.165, 1.54) is 5.57 Å². The first-order valence-electron chi connectivity index (χ1n) is 9.24. The number of carbonyl (C=O) groups is 1. The number of aliphatic hydroxyl groups excluding tert-OH is 1. The number of hydrogen-bond acceptors (Lipinski definition) is 4. The smallest absolute Gasteiger partial charge is 0.144 e. The van der Waals surface area contributed by atoms with Gasteiger partial charge in [0.2, 0.25) is 0 Å². The molecule has 0 aromatic carbocycles. The molecular formula is C20H31NO3. The number of rotatable bonds is 3. The molecule has 2 aliphatic heterocycles. The van der Waals surface area contributed by atoms with Gasteiger partial charge in [-0.15, -0.1) is 0 Å². The molecule has 134 valence electrons. The van der Waals surface area contributed by atoms with E-state index in [0.717, 1.165) is 37.1 Å². The second-order valence-electron chi connectivity index (χ2n) is 8.61. The lowest BCUT2D eigenvalue weighted by Gasteiger charge is -2.42. The van der Waals surface area contributed by atoms with Gasteiger partial charge in [-0.2, -0.15) is 0 Å². The van der Waals surface area contributed by atoms with Crippen LogP contribution in [0.25, 0.3) is 0 Å². The van der Waals surface area contributed by atoms with Gasteiger partial charge < -0.3 is 9.84 Å². The largest absolute Gasteiger partial charge is 0.496 e. The van der Waals surface area contributed by atoms with E-state index < -0.39 is 0 Å². The van der Waals surface area contributed by atoms with Crippen molar-refractivity contribution in [1.29, 1.82) is 0 Å². The molecule has 1 fully saturated rings. The van der Waals surface area contributed by atoms with Crippen LogP contribution >= 0.6 is 0 Å². The first kappa shape index (κ1) is 17.7. The monoisotopic (exact) mass is 333 g/mol. The lowest BCUT2D eigenvalue weighted by Crippen LogP contribution is -2.47. The Bertz CT molecular complexity index is 562. The molecule has 0 saturated carbocycles. The van der Waals surface area contributed by atoms with E-state index in [-0.39, 0.29) is 23.3 Å². The molecule has 0 spiro atoms. The summed E-state index contributed by atoms with van der Waals surface area (Å²) in [5, 5.41) is 10.8. The van der Waals surface area contributed by atoms with Crippen molar-refractivity contribution in [3.63, 3.8) is 0 Å². The first-order chi connectivity index (χ1) is 11.3. The third-order valence-corrected chi connectivity index (χ3v) is 6.10. The second kappa shape index (κ2) is 6.64. The SMILES string of the molecule is CC1=C2COC=C2CC(=O)C1CC(O)C1CCN(C(C)(C)C)CC1. The molecule has 0 aromatic heterocycles. The van der Waals surface area contributed by atoms with Crippen molar-refractivity contribution in [3.05, 3.63) is 23.0 Å². The zero-order valence-corrected chi connectivity index (χ0v) is 15.5. The molecule has 0 aromatic rings. The van der Waals surface area contributed by atoms with Gasteiger partial charge >= 0.3 is 0 Å². The minimum Gasteiger partial charge on any atom is -0.496 e. The number of ketones is 1. The van der Waals surface area contributed by atoms with Crippen LogP contribution in [-0.4, -0.2) is 47.1 Å². The topological polar surface area (TPSA) is 49.8 Å². The van der Waals surface area contributed by atoms with Gasteiger partial charge in [-0.25, -0.2) is 0 Å². The van der Waals surface area contributed by atoms with Gasteiger partial charge in [0.1, 0.15) is 12.4 Å². The molecular weight excluding hydrogens is 302 g/mol. The van der Waals surface area contributed by atoms with Gasteiger partial charge in [-0.1, -0.05) is 5.57 Å². The molecule has 2 heterocycles. The number of likely N-dealkylation sites (tertiary alicyclic amines) is 1. The predicted octanol–water partition coefficient (Wildman–Crippen LogP) is 3.07. The highest BCUT2D eigenvalue weighted by atomic mass is 16.5. The highest BCUT2D eigenvalue weighted by molar-refractivity contribution is 5.89. The third kappa shape index (κ3) is 3.45. The molecule has 4 nitrogen and oxygen atoms in total. The van der Waals surface area contributed by atoms with Gasteiger partial charge in [0.25, 0.3) is 0 Å². The van der Waals surface area contributed by atoms with Crippen LogP contribution in [0.3, 0.4) is 0 Å². The van der Waals surface area contributed by atoms with Crippen molar-refractivity contribution in [3.8, 4) is 0 Å². The number of ether oxygens (including phenoxy) is 1. The van der Waals surface area contributed by atoms with Crippen molar-refractivity contribution >= 4 is 5.78 Å². The Morgan fingerprint density at radius 2 is 2.00 bits per heavy atom. The maximum absolute atomic E-state index is 12.5. The fourth-order valence-electron chi connectivity index (χ4n) is 4.36. The van der Waals surface area contributed by atoms with E-state index in [1.54, 1.807) is 6.26 Å². The van der Waals surface area contributed by atoms with Crippen LogP contribution in [0.1, 0.15) is 53.4 Å². The lowest BCUT2D eigenvalue weighted by molar-refractivity contribution is -0.122. The zero-order valence-electron chi connectivity index (χ0n) is 15.5. The molecule has 1 N–H and O–H groups in total. The van der Waals surface area contributed by atoms with Gasteiger partial charge in [0.05, 0.1) is 12.4 Å². The number of aliphatic hydroxyl groups is 1. The summed E-state index contributed by atoms with van der Waals surface area (Å²) in [5.41, 5.74) is 3.54. The maximum Gasteiger partial charge on any atom is 0.144 e. The summed E-state index contributed by atoms with van der Waals surface area (Å²) < 4.78 is 5.38. The summed E-state index contributed by atoms with van der Waals surface area (Å²) >= 11 is 0. The number of hydrogen-bond donors (Lipinski definition) is 1. The van der Waals surface area contributed by atoms with Crippen LogP contribution in [-0.2, 0) is 9.53 Å². The number of nitrogens with zero attached hydrogens (tertiary/aromatic N) is 1. The number of carbonyl (C=O) groups excluding carboxylic acids is 1. The van der Waals surface area contributed by atoms with Gasteiger partial charge in [-0.05, 0) is 71.5 Å². The Hall–Kier alpha value is -1.13. The summed E-state index contributed by atoms with van der Waals surface area (Å²) in [7, 11) is 0. The molecule has 0 radical (unpaired) electrons. The summed E-state index contributed by atoms with van der Waals surface area (Å²) in [4.78, 5) is 15.0. The summed E-state index contributed by atoms with van der Waals surface area (Å²) in [6.07, 6.45) is 4.41. The van der Waals surface area contributed by atoms with E-state index in [4.69, 9.17) is 4.74 Å². The van der Waals surface area contributed by atoms with E-state index in [0.29, 0.717) is 25.4 Å². The average molecular weight is 333 g/mol. The third-order valence-electron chi connectivity index (χ3n) is 6.10. The van der Waals surface area contributed by atoms with Crippen LogP contribution in [0.4, 0.5) is 0 Å². The Morgan fingerprint density at radius 3 is 2.62 bits per heavy atom. The van der Waals surface area contributed by atoms with Crippen LogP contribution in [0, 0.1) is 11.8 Å². The molecule has 4 heteroatoms. The Labute approximate surface area is 145 Å². The Kier molecular flexibility index (Phi) is 4.89. The van der Waals surface area contributed by atoms with Gasteiger partial charge in [0.15, 0.2) is 0 Å². The van der Waals surface area contributed by atoms with E-state index in [2.05, 4.69) is 25.7 Å². The van der Waals surface area contributed by atoms with Crippen LogP contribution in [0.2, 0.25) is 0 Å². The molecule has 0 amide bonds. The summed E-state index contributed by atoms with van der Waals surface area (Å²) in [6.45, 7) is 11.4. The molecule has 1 saturated heterocycles. The standard InChI is InChI=1S/C20H31NO3/c1-13-16(19(23)9-15-11-24-12-17(13)15)10-18(22)14-5-7-21(8-6-14)20(2,3)4/h11,14,16,18,22H,5-10,12H2,1-4H3. The summed E-state index contributed by atoms with van der Waals surface area (Å²) in [5.74, 6) is 0.416. The Balaban J connectivity index is 1.61. The Morgan fingerprint density at radius 1 is 1.33 bits per heavy atom. The highest BCUT2D eigenvalue weighted by Gasteiger charge is 2.36. The van der Waals surface area contributed by atoms with Crippen molar-refractivity contribution in [1.82, 2.24) is 4.90 Å². The minimum absolute atomic E-state index is 0.130. The van der Waals surface area contributed by atoms with E-state index in [9.17, 15) is 9.90 Å². The normalized spacial score (nSPS) is 27.8. The van der Waals surface area contributed by atoms with Crippen molar-refractivity contribution in [2.24, 2.45) is 11.8 Å². The van der Waals surface area contributed by atoms with E-state index >= 15 is 0 Å². The fourth-order valence-corrected chi connectivity index (χ4v) is 4.36. The predicted molar refractivity (Wildman–Crippen MR) is 94.5 cm³/mol. The van der Waals surface area contributed by atoms with Gasteiger partial charge in [-0.3, -0.25) is 9.69 Å². The highest BCUT2D eigenvalue weighted by Crippen LogP contribution is 2.38. The molecule has 2 unspecified atom stereocenters. The molecule has 3 aliphatic rings. The fraction of sp³-hybridized carbons (Fsp3) is 0.750. The molecule has 24 heavy (non-hydrogen) atoms. The van der Waals surface area contributed by atoms with Crippen LogP contribution in [0.15, 0.2) is 23.0 Å².